The van der Waals surface area contributed by atoms with E-state index in [1.165, 1.54) is 141 Å². The van der Waals surface area contributed by atoms with E-state index in [4.69, 9.17) is 14.2 Å². The second-order valence-electron chi connectivity index (χ2n) is 19.9. The molecule has 0 aliphatic carbocycles. The van der Waals surface area contributed by atoms with Crippen LogP contribution in [0.5, 0.6) is 0 Å². The first-order chi connectivity index (χ1) is 35.0. The summed E-state index contributed by atoms with van der Waals surface area (Å²) in [6, 6.07) is 0. The highest BCUT2D eigenvalue weighted by molar-refractivity contribution is 5.71. The van der Waals surface area contributed by atoms with Crippen molar-refractivity contribution in [3.8, 4) is 0 Å². The van der Waals surface area contributed by atoms with Gasteiger partial charge in [0.2, 0.25) is 0 Å². The van der Waals surface area contributed by atoms with E-state index in [0.717, 1.165) is 109 Å². The van der Waals surface area contributed by atoms with Gasteiger partial charge in [-0.3, -0.25) is 14.4 Å². The zero-order valence-electron chi connectivity index (χ0n) is 46.7. The molecule has 1 unspecified atom stereocenters. The van der Waals surface area contributed by atoms with Crippen molar-refractivity contribution in [1.82, 2.24) is 0 Å². The number of rotatable bonds is 54. The molecule has 0 aromatic heterocycles. The maximum atomic E-state index is 12.8. The van der Waals surface area contributed by atoms with Crippen LogP contribution in [0.4, 0.5) is 0 Å². The lowest BCUT2D eigenvalue weighted by atomic mass is 10.1. The van der Waals surface area contributed by atoms with Gasteiger partial charge >= 0.3 is 17.9 Å². The zero-order chi connectivity index (χ0) is 51.4. The molecule has 0 aromatic rings. The molecular weight excluding hydrogens is 877 g/mol. The highest BCUT2D eigenvalue weighted by Crippen LogP contribution is 2.15. The van der Waals surface area contributed by atoms with Crippen LogP contribution in [0, 0.1) is 0 Å². The fraction of sp³-hybridized carbons (Fsp3) is 0.738. The quantitative estimate of drug-likeness (QED) is 0.0261. The first kappa shape index (κ1) is 67.6. The summed E-state index contributed by atoms with van der Waals surface area (Å²) in [5, 5.41) is 0. The van der Waals surface area contributed by atoms with Gasteiger partial charge in [0.1, 0.15) is 13.2 Å². The number of carbonyl (C=O) groups excluding carboxylic acids is 3. The number of unbranched alkanes of at least 4 members (excludes halogenated alkanes) is 29. The van der Waals surface area contributed by atoms with Crippen LogP contribution >= 0.6 is 0 Å². The van der Waals surface area contributed by atoms with Crippen molar-refractivity contribution in [2.45, 2.75) is 297 Å². The Balaban J connectivity index is 4.10. The van der Waals surface area contributed by atoms with Crippen LogP contribution in [0.3, 0.4) is 0 Å². The number of carbonyl (C=O) groups is 3. The summed E-state index contributed by atoms with van der Waals surface area (Å²) >= 11 is 0. The summed E-state index contributed by atoms with van der Waals surface area (Å²) in [5.74, 6) is -0.897. The Morgan fingerprint density at radius 2 is 0.549 bits per heavy atom. The third-order valence-electron chi connectivity index (χ3n) is 12.9. The second kappa shape index (κ2) is 59.2. The maximum absolute atomic E-state index is 12.8. The van der Waals surface area contributed by atoms with Gasteiger partial charge < -0.3 is 14.2 Å². The van der Waals surface area contributed by atoms with E-state index >= 15 is 0 Å². The highest BCUT2D eigenvalue weighted by atomic mass is 16.6. The molecule has 1 atom stereocenters. The van der Waals surface area contributed by atoms with Crippen molar-refractivity contribution in [2.75, 3.05) is 13.2 Å². The Kier molecular flexibility index (Phi) is 56.3. The average molecular weight is 990 g/mol. The molecule has 71 heavy (non-hydrogen) atoms. The summed E-state index contributed by atoms with van der Waals surface area (Å²) in [4.78, 5) is 37.9. The summed E-state index contributed by atoms with van der Waals surface area (Å²) < 4.78 is 16.7. The summed E-state index contributed by atoms with van der Waals surface area (Å²) in [6.07, 6.45) is 77.7. The second-order valence-corrected chi connectivity index (χ2v) is 19.9. The molecule has 6 nitrogen and oxygen atoms in total. The summed E-state index contributed by atoms with van der Waals surface area (Å²) in [6.45, 7) is 6.45. The van der Waals surface area contributed by atoms with E-state index in [1.807, 2.05) is 0 Å². The van der Waals surface area contributed by atoms with Gasteiger partial charge in [0.15, 0.2) is 6.10 Å². The molecular formula is C65H112O6. The van der Waals surface area contributed by atoms with Crippen LogP contribution in [-0.4, -0.2) is 37.2 Å². The van der Waals surface area contributed by atoms with E-state index in [2.05, 4.69) is 106 Å². The minimum absolute atomic E-state index is 0.0796. The van der Waals surface area contributed by atoms with E-state index in [1.54, 1.807) is 0 Å². The lowest BCUT2D eigenvalue weighted by Crippen LogP contribution is -2.30. The molecule has 0 aromatic carbocycles. The smallest absolute Gasteiger partial charge is 0.306 e. The molecule has 0 spiro atoms. The molecule has 0 N–H and O–H groups in total. The lowest BCUT2D eigenvalue weighted by Gasteiger charge is -2.18. The van der Waals surface area contributed by atoms with E-state index in [0.29, 0.717) is 19.3 Å². The minimum Gasteiger partial charge on any atom is -0.462 e. The number of esters is 3. The first-order valence-electron chi connectivity index (χ1n) is 30.1. The molecule has 0 fully saturated rings. The minimum atomic E-state index is -0.778. The molecule has 408 valence electrons. The van der Waals surface area contributed by atoms with Crippen LogP contribution in [0.25, 0.3) is 0 Å². The van der Waals surface area contributed by atoms with Crippen molar-refractivity contribution in [1.29, 1.82) is 0 Å². The molecule has 0 amide bonds. The Hall–Kier alpha value is -3.41. The summed E-state index contributed by atoms with van der Waals surface area (Å²) in [7, 11) is 0. The fourth-order valence-corrected chi connectivity index (χ4v) is 8.38. The highest BCUT2D eigenvalue weighted by Gasteiger charge is 2.19. The molecule has 0 bridgehead atoms. The van der Waals surface area contributed by atoms with E-state index < -0.39 is 6.10 Å². The van der Waals surface area contributed by atoms with Crippen LogP contribution < -0.4 is 0 Å². The van der Waals surface area contributed by atoms with Gasteiger partial charge in [0.25, 0.3) is 0 Å². The zero-order valence-corrected chi connectivity index (χ0v) is 46.7. The molecule has 6 heteroatoms. The van der Waals surface area contributed by atoms with Crippen LogP contribution in [-0.2, 0) is 28.6 Å². The standard InChI is InChI=1S/C65H112O6/c1-4-7-10-13-15-17-19-21-23-25-27-29-30-31-32-33-34-36-37-39-41-43-45-47-49-52-55-58-64(67)70-61-62(60-69-63(66)57-54-51-12-9-6-3)71-65(68)59-56-53-50-48-46-44-42-40-38-35-28-26-24-22-20-18-16-14-11-8-5-2/h7,10,15,17,21,23,26-29,31-32,34,36,62H,4-6,8-9,11-14,16,18-20,22,24-25,30,33,35,37-61H2,1-3H3/b10-7-,17-15-,23-21-,28-26-,29-27-,32-31-,36-34-. The molecule has 0 saturated heterocycles. The maximum Gasteiger partial charge on any atom is 0.306 e. The number of allylic oxidation sites excluding steroid dienone is 14. The predicted molar refractivity (Wildman–Crippen MR) is 307 cm³/mol. The van der Waals surface area contributed by atoms with Gasteiger partial charge in [-0.25, -0.2) is 0 Å². The van der Waals surface area contributed by atoms with Crippen molar-refractivity contribution in [2.24, 2.45) is 0 Å². The van der Waals surface area contributed by atoms with Crippen LogP contribution in [0.1, 0.15) is 290 Å². The van der Waals surface area contributed by atoms with E-state index in [9.17, 15) is 14.4 Å². The monoisotopic (exact) mass is 989 g/mol. The fourth-order valence-electron chi connectivity index (χ4n) is 8.38. The topological polar surface area (TPSA) is 78.9 Å². The SMILES string of the molecule is CC/C=C\C/C=C\C/C=C\C/C=C\C/C=C\C/C=C\CCCCCCCCCCC(=O)OCC(COC(=O)CCCCCCC)OC(=O)CCCCCCCCCCC/C=C\CCCCCCCCCC. The molecule has 0 radical (unpaired) electrons. The predicted octanol–water partition coefficient (Wildman–Crippen LogP) is 20.3. The number of ether oxygens (including phenoxy) is 3. The molecule has 0 aliphatic rings. The molecule has 0 heterocycles. The lowest BCUT2D eigenvalue weighted by molar-refractivity contribution is -0.167. The van der Waals surface area contributed by atoms with Crippen molar-refractivity contribution >= 4 is 17.9 Å². The van der Waals surface area contributed by atoms with Crippen LogP contribution in [0.15, 0.2) is 85.1 Å². The third kappa shape index (κ3) is 57.4. The van der Waals surface area contributed by atoms with Crippen molar-refractivity contribution in [3.05, 3.63) is 85.1 Å². The largest absolute Gasteiger partial charge is 0.462 e. The van der Waals surface area contributed by atoms with Gasteiger partial charge in [-0.1, -0.05) is 260 Å². The number of hydrogen-bond donors (Lipinski definition) is 0. The van der Waals surface area contributed by atoms with Gasteiger partial charge in [-0.2, -0.15) is 0 Å². The Labute approximate surface area is 439 Å². The van der Waals surface area contributed by atoms with Gasteiger partial charge in [0.05, 0.1) is 0 Å². The van der Waals surface area contributed by atoms with Crippen molar-refractivity contribution < 1.29 is 28.6 Å². The first-order valence-corrected chi connectivity index (χ1v) is 30.1. The normalized spacial score (nSPS) is 12.7. The summed E-state index contributed by atoms with van der Waals surface area (Å²) in [5.41, 5.74) is 0. The van der Waals surface area contributed by atoms with Crippen LogP contribution in [0.2, 0.25) is 0 Å². The molecule has 0 aliphatic heterocycles. The molecule has 0 saturated carbocycles. The Bertz CT molecular complexity index is 1370. The average Bonchev–Trinajstić information content (AvgIpc) is 3.37. The third-order valence-corrected chi connectivity index (χ3v) is 12.9. The van der Waals surface area contributed by atoms with Gasteiger partial charge in [0, 0.05) is 19.3 Å². The van der Waals surface area contributed by atoms with Crippen molar-refractivity contribution in [3.63, 3.8) is 0 Å². The van der Waals surface area contributed by atoms with E-state index in [-0.39, 0.29) is 31.1 Å². The Morgan fingerprint density at radius 1 is 0.296 bits per heavy atom. The Morgan fingerprint density at radius 3 is 0.873 bits per heavy atom. The van der Waals surface area contributed by atoms with Gasteiger partial charge in [-0.05, 0) is 96.3 Å². The molecule has 0 rings (SSSR count). The number of hydrogen-bond acceptors (Lipinski definition) is 6. The van der Waals surface area contributed by atoms with Gasteiger partial charge in [-0.15, -0.1) is 0 Å².